The molecule has 1 aromatic heterocycles. The number of aromatic nitrogens is 1. The van der Waals surface area contributed by atoms with Crippen molar-refractivity contribution in [3.05, 3.63) is 23.5 Å². The van der Waals surface area contributed by atoms with Gasteiger partial charge in [0.1, 0.15) is 5.75 Å². The summed E-state index contributed by atoms with van der Waals surface area (Å²) < 4.78 is 0. The summed E-state index contributed by atoms with van der Waals surface area (Å²) in [4.78, 5) is 6.67. The molecule has 1 saturated heterocycles. The van der Waals surface area contributed by atoms with Gasteiger partial charge in [0.2, 0.25) is 0 Å². The van der Waals surface area contributed by atoms with Crippen LogP contribution in [0.1, 0.15) is 24.2 Å². The number of hydrogen-bond donors (Lipinski definition) is 2. The minimum Gasteiger partial charge on any atom is -0.506 e. The Morgan fingerprint density at radius 3 is 3.06 bits per heavy atom. The molecule has 0 amide bonds. The van der Waals surface area contributed by atoms with E-state index in [1.54, 1.807) is 6.07 Å². The maximum atomic E-state index is 9.78. The van der Waals surface area contributed by atoms with Crippen LogP contribution in [0.15, 0.2) is 12.1 Å². The van der Waals surface area contributed by atoms with Crippen molar-refractivity contribution in [2.24, 2.45) is 0 Å². The third-order valence-corrected chi connectivity index (χ3v) is 3.38. The van der Waals surface area contributed by atoms with Crippen LogP contribution in [0.5, 0.6) is 5.75 Å². The monoisotopic (exact) mass is 235 g/mol. The molecular formula is C13H21N3O. The summed E-state index contributed by atoms with van der Waals surface area (Å²) >= 11 is 0. The molecule has 0 bridgehead atoms. The third-order valence-electron chi connectivity index (χ3n) is 3.38. The van der Waals surface area contributed by atoms with Crippen LogP contribution in [-0.2, 0) is 6.54 Å². The zero-order valence-corrected chi connectivity index (χ0v) is 10.6. The molecule has 2 heterocycles. The molecule has 4 nitrogen and oxygen atoms in total. The van der Waals surface area contributed by atoms with Crippen LogP contribution in [-0.4, -0.2) is 41.2 Å². The molecule has 1 fully saturated rings. The molecule has 1 unspecified atom stereocenters. The van der Waals surface area contributed by atoms with Gasteiger partial charge in [-0.1, -0.05) is 0 Å². The standard InChI is InChI=1S/C13H21N3O/c1-10-5-6-13(17)12(15-10)9-16(2)11-4-3-7-14-8-11/h5-6,11,14,17H,3-4,7-9H2,1-2H3. The highest BCUT2D eigenvalue weighted by molar-refractivity contribution is 5.27. The number of nitrogens with zero attached hydrogens (tertiary/aromatic N) is 2. The second-order valence-electron chi connectivity index (χ2n) is 4.83. The lowest BCUT2D eigenvalue weighted by Crippen LogP contribution is -2.43. The summed E-state index contributed by atoms with van der Waals surface area (Å²) in [7, 11) is 2.10. The lowest BCUT2D eigenvalue weighted by Gasteiger charge is -2.31. The first kappa shape index (κ1) is 12.3. The third kappa shape index (κ3) is 3.17. The highest BCUT2D eigenvalue weighted by Gasteiger charge is 2.19. The zero-order valence-electron chi connectivity index (χ0n) is 10.6. The van der Waals surface area contributed by atoms with Gasteiger partial charge in [-0.25, -0.2) is 0 Å². The Balaban J connectivity index is 2.01. The Morgan fingerprint density at radius 1 is 1.53 bits per heavy atom. The number of aromatic hydroxyl groups is 1. The van der Waals surface area contributed by atoms with Crippen LogP contribution in [0.3, 0.4) is 0 Å². The van der Waals surface area contributed by atoms with Gasteiger partial charge in [0, 0.05) is 24.8 Å². The van der Waals surface area contributed by atoms with Crippen molar-refractivity contribution in [2.75, 3.05) is 20.1 Å². The highest BCUT2D eigenvalue weighted by atomic mass is 16.3. The van der Waals surface area contributed by atoms with E-state index >= 15 is 0 Å². The molecule has 1 atom stereocenters. The van der Waals surface area contributed by atoms with E-state index in [1.165, 1.54) is 12.8 Å². The second-order valence-corrected chi connectivity index (χ2v) is 4.83. The number of nitrogens with one attached hydrogen (secondary N) is 1. The number of pyridine rings is 1. The van der Waals surface area contributed by atoms with Gasteiger partial charge in [0.25, 0.3) is 0 Å². The lowest BCUT2D eigenvalue weighted by atomic mass is 10.1. The lowest BCUT2D eigenvalue weighted by molar-refractivity contribution is 0.192. The van der Waals surface area contributed by atoms with Crippen LogP contribution in [0.2, 0.25) is 0 Å². The van der Waals surface area contributed by atoms with Crippen molar-refractivity contribution in [2.45, 2.75) is 32.4 Å². The van der Waals surface area contributed by atoms with E-state index in [-0.39, 0.29) is 0 Å². The van der Waals surface area contributed by atoms with Crippen LogP contribution < -0.4 is 5.32 Å². The van der Waals surface area contributed by atoms with E-state index in [2.05, 4.69) is 22.2 Å². The number of aryl methyl sites for hydroxylation is 1. The molecule has 0 saturated carbocycles. The van der Waals surface area contributed by atoms with Crippen molar-refractivity contribution in [1.29, 1.82) is 0 Å². The van der Waals surface area contributed by atoms with Crippen LogP contribution >= 0.6 is 0 Å². The van der Waals surface area contributed by atoms with E-state index in [9.17, 15) is 5.11 Å². The van der Waals surface area contributed by atoms with E-state index < -0.39 is 0 Å². The molecule has 4 heteroatoms. The molecule has 17 heavy (non-hydrogen) atoms. The number of rotatable bonds is 3. The summed E-state index contributed by atoms with van der Waals surface area (Å²) in [6, 6.07) is 4.11. The fraction of sp³-hybridized carbons (Fsp3) is 0.615. The van der Waals surface area contributed by atoms with Gasteiger partial charge >= 0.3 is 0 Å². The predicted molar refractivity (Wildman–Crippen MR) is 68.0 cm³/mol. The fourth-order valence-electron chi connectivity index (χ4n) is 2.29. The minimum absolute atomic E-state index is 0.297. The maximum absolute atomic E-state index is 9.78. The summed E-state index contributed by atoms with van der Waals surface area (Å²) in [5, 5.41) is 13.2. The quantitative estimate of drug-likeness (QED) is 0.828. The SMILES string of the molecule is Cc1ccc(O)c(CN(C)C2CCCNC2)n1. The normalized spacial score (nSPS) is 20.8. The first-order valence-electron chi connectivity index (χ1n) is 6.23. The van der Waals surface area contributed by atoms with Crippen molar-refractivity contribution < 1.29 is 5.11 Å². The maximum Gasteiger partial charge on any atom is 0.138 e. The van der Waals surface area contributed by atoms with Crippen LogP contribution in [0.4, 0.5) is 0 Å². The van der Waals surface area contributed by atoms with Gasteiger partial charge in [-0.05, 0) is 45.5 Å². The number of likely N-dealkylation sites (N-methyl/N-ethyl adjacent to an activating group) is 1. The van der Waals surface area contributed by atoms with E-state index in [1.807, 2.05) is 13.0 Å². The van der Waals surface area contributed by atoms with Crippen molar-refractivity contribution >= 4 is 0 Å². The van der Waals surface area contributed by atoms with Gasteiger partial charge in [0.05, 0.1) is 5.69 Å². The molecule has 0 spiro atoms. The Labute approximate surface area is 103 Å². The molecule has 0 radical (unpaired) electrons. The summed E-state index contributed by atoms with van der Waals surface area (Å²) in [6.45, 7) is 4.81. The zero-order chi connectivity index (χ0) is 12.3. The van der Waals surface area contributed by atoms with Crippen LogP contribution in [0.25, 0.3) is 0 Å². The van der Waals surface area contributed by atoms with Gasteiger partial charge in [-0.15, -0.1) is 0 Å². The first-order chi connectivity index (χ1) is 8.16. The van der Waals surface area contributed by atoms with E-state index in [0.29, 0.717) is 18.3 Å². The van der Waals surface area contributed by atoms with Gasteiger partial charge in [0.15, 0.2) is 0 Å². The average molecular weight is 235 g/mol. The van der Waals surface area contributed by atoms with Gasteiger partial charge in [-0.3, -0.25) is 9.88 Å². The van der Waals surface area contributed by atoms with Gasteiger partial charge < -0.3 is 10.4 Å². The average Bonchev–Trinajstić information content (AvgIpc) is 2.35. The Bertz CT molecular complexity index is 375. The fourth-order valence-corrected chi connectivity index (χ4v) is 2.29. The first-order valence-corrected chi connectivity index (χ1v) is 6.23. The molecular weight excluding hydrogens is 214 g/mol. The smallest absolute Gasteiger partial charge is 0.138 e. The molecule has 1 aromatic rings. The van der Waals surface area contributed by atoms with Crippen molar-refractivity contribution in [1.82, 2.24) is 15.2 Å². The molecule has 2 N–H and O–H groups in total. The van der Waals surface area contributed by atoms with Crippen molar-refractivity contribution in [3.63, 3.8) is 0 Å². The number of piperidine rings is 1. The molecule has 0 aliphatic carbocycles. The molecule has 1 aliphatic rings. The predicted octanol–water partition coefficient (Wildman–Crippen LogP) is 1.28. The Hall–Kier alpha value is -1.13. The van der Waals surface area contributed by atoms with Crippen molar-refractivity contribution in [3.8, 4) is 5.75 Å². The Kier molecular flexibility index (Phi) is 3.97. The Morgan fingerprint density at radius 2 is 2.35 bits per heavy atom. The molecule has 0 aromatic carbocycles. The molecule has 2 rings (SSSR count). The van der Waals surface area contributed by atoms with E-state index in [0.717, 1.165) is 24.5 Å². The van der Waals surface area contributed by atoms with Gasteiger partial charge in [-0.2, -0.15) is 0 Å². The number of hydrogen-bond acceptors (Lipinski definition) is 4. The topological polar surface area (TPSA) is 48.4 Å². The summed E-state index contributed by atoms with van der Waals surface area (Å²) in [5.74, 6) is 0.297. The summed E-state index contributed by atoms with van der Waals surface area (Å²) in [6.07, 6.45) is 2.44. The molecule has 94 valence electrons. The highest BCUT2D eigenvalue weighted by Crippen LogP contribution is 2.18. The molecule has 1 aliphatic heterocycles. The summed E-state index contributed by atoms with van der Waals surface area (Å²) in [5.41, 5.74) is 1.73. The van der Waals surface area contributed by atoms with E-state index in [4.69, 9.17) is 0 Å². The van der Waals surface area contributed by atoms with Crippen LogP contribution in [0, 0.1) is 6.92 Å². The largest absolute Gasteiger partial charge is 0.506 e. The second kappa shape index (κ2) is 5.47. The minimum atomic E-state index is 0.297.